The molecule has 2 aromatic rings. The Morgan fingerprint density at radius 1 is 1.26 bits per heavy atom. The summed E-state index contributed by atoms with van der Waals surface area (Å²) in [5, 5.41) is 12.6. The maximum absolute atomic E-state index is 13.6. The summed E-state index contributed by atoms with van der Waals surface area (Å²) in [5.74, 6) is 2.17. The average Bonchev–Trinajstić information content (AvgIpc) is 3.52. The molecule has 0 radical (unpaired) electrons. The van der Waals surface area contributed by atoms with Crippen LogP contribution in [0.3, 0.4) is 0 Å². The number of methoxy groups -OCH3 is 1. The Kier molecular flexibility index (Phi) is 9.05. The first-order chi connectivity index (χ1) is 16.9. The number of nitrogens with zero attached hydrogens (tertiary/aromatic N) is 2. The van der Waals surface area contributed by atoms with Gasteiger partial charge >= 0.3 is 0 Å². The van der Waals surface area contributed by atoms with Crippen LogP contribution in [0.4, 0.5) is 0 Å². The fourth-order valence-electron chi connectivity index (χ4n) is 4.55. The summed E-state index contributed by atoms with van der Waals surface area (Å²) in [5.41, 5.74) is 1.18. The van der Waals surface area contributed by atoms with Crippen molar-refractivity contribution in [2.45, 2.75) is 51.4 Å². The maximum Gasteiger partial charge on any atom is 0.237 e. The molecule has 35 heavy (non-hydrogen) atoms. The summed E-state index contributed by atoms with van der Waals surface area (Å²) in [7, 11) is 1.64. The lowest BCUT2D eigenvalue weighted by Crippen LogP contribution is -2.48. The molecule has 1 aromatic carbocycles. The normalized spacial score (nSPS) is 18.6. The van der Waals surface area contributed by atoms with Gasteiger partial charge in [-0.3, -0.25) is 9.69 Å². The highest BCUT2D eigenvalue weighted by atomic mass is 32.1. The van der Waals surface area contributed by atoms with Crippen LogP contribution < -0.4 is 9.47 Å². The predicted molar refractivity (Wildman–Crippen MR) is 137 cm³/mol. The van der Waals surface area contributed by atoms with Gasteiger partial charge in [0.1, 0.15) is 18.1 Å². The predicted octanol–water partition coefficient (Wildman–Crippen LogP) is 3.76. The molecule has 4 rings (SSSR count). The number of carbonyl (C=O) groups excluding carboxylic acids is 1. The maximum atomic E-state index is 13.6. The van der Waals surface area contributed by atoms with Gasteiger partial charge in [0, 0.05) is 30.6 Å². The van der Waals surface area contributed by atoms with E-state index >= 15 is 0 Å². The summed E-state index contributed by atoms with van der Waals surface area (Å²) < 4.78 is 17.1. The Labute approximate surface area is 212 Å². The zero-order valence-electron chi connectivity index (χ0n) is 21.0. The Balaban J connectivity index is 1.43. The van der Waals surface area contributed by atoms with Crippen LogP contribution in [0, 0.1) is 5.92 Å². The highest BCUT2D eigenvalue weighted by Gasteiger charge is 2.34. The van der Waals surface area contributed by atoms with Crippen LogP contribution in [-0.4, -0.2) is 79.5 Å². The van der Waals surface area contributed by atoms with Crippen molar-refractivity contribution >= 4 is 17.2 Å². The lowest BCUT2D eigenvalue weighted by molar-refractivity contribution is -0.136. The van der Waals surface area contributed by atoms with E-state index in [-0.39, 0.29) is 24.7 Å². The van der Waals surface area contributed by atoms with Gasteiger partial charge in [0.25, 0.3) is 0 Å². The molecule has 8 heteroatoms. The molecule has 1 N–H and O–H groups in total. The van der Waals surface area contributed by atoms with Crippen molar-refractivity contribution < 1.29 is 24.1 Å². The molecule has 7 nitrogen and oxygen atoms in total. The highest BCUT2D eigenvalue weighted by Crippen LogP contribution is 2.35. The summed E-state index contributed by atoms with van der Waals surface area (Å²) in [6.45, 7) is 6.84. The molecule has 1 saturated carbocycles. The summed E-state index contributed by atoms with van der Waals surface area (Å²) >= 11 is 1.75. The fraction of sp³-hybridized carbons (Fsp3) is 0.593. The van der Waals surface area contributed by atoms with Crippen molar-refractivity contribution in [3.63, 3.8) is 0 Å². The van der Waals surface area contributed by atoms with Gasteiger partial charge in [0.2, 0.25) is 5.91 Å². The molecule has 1 fully saturated rings. The van der Waals surface area contributed by atoms with E-state index in [1.807, 2.05) is 43.0 Å². The lowest BCUT2D eigenvalue weighted by atomic mass is 10.0. The molecule has 0 saturated heterocycles. The summed E-state index contributed by atoms with van der Waals surface area (Å²) in [6.07, 6.45) is 2.72. The van der Waals surface area contributed by atoms with Crippen LogP contribution in [-0.2, 0) is 16.0 Å². The number of hydrogen-bond acceptors (Lipinski definition) is 7. The van der Waals surface area contributed by atoms with E-state index in [2.05, 4.69) is 16.3 Å². The van der Waals surface area contributed by atoms with Crippen molar-refractivity contribution in [3.05, 3.63) is 46.2 Å². The molecule has 0 bridgehead atoms. The molecule has 1 aliphatic heterocycles. The Morgan fingerprint density at radius 2 is 2.06 bits per heavy atom. The van der Waals surface area contributed by atoms with Crippen LogP contribution in [0.15, 0.2) is 35.7 Å². The van der Waals surface area contributed by atoms with Crippen molar-refractivity contribution in [2.75, 3.05) is 46.5 Å². The van der Waals surface area contributed by atoms with Crippen LogP contribution in [0.5, 0.6) is 11.5 Å². The van der Waals surface area contributed by atoms with Crippen LogP contribution in [0.25, 0.3) is 0 Å². The van der Waals surface area contributed by atoms with Crippen LogP contribution in [0.1, 0.15) is 43.2 Å². The van der Waals surface area contributed by atoms with E-state index in [9.17, 15) is 9.90 Å². The van der Waals surface area contributed by atoms with Crippen molar-refractivity contribution in [1.29, 1.82) is 0 Å². The van der Waals surface area contributed by atoms with Gasteiger partial charge in [-0.05, 0) is 68.2 Å². The number of aliphatic hydroxyl groups excluding tert-OH is 1. The second-order valence-corrected chi connectivity index (χ2v) is 10.8. The second kappa shape index (κ2) is 12.2. The summed E-state index contributed by atoms with van der Waals surface area (Å²) in [4.78, 5) is 19.0. The number of amides is 1. The highest BCUT2D eigenvalue weighted by molar-refractivity contribution is 7.10. The Bertz CT molecular complexity index is 961. The lowest BCUT2D eigenvalue weighted by Gasteiger charge is -2.37. The van der Waals surface area contributed by atoms with Gasteiger partial charge in [-0.1, -0.05) is 6.07 Å². The molecule has 2 aliphatic rings. The number of fused-ring (bicyclic) bond motifs is 1. The third-order valence-electron chi connectivity index (χ3n) is 6.53. The average molecular weight is 503 g/mol. The minimum Gasteiger partial charge on any atom is -0.497 e. The number of benzene rings is 1. The smallest absolute Gasteiger partial charge is 0.237 e. The molecule has 0 spiro atoms. The van der Waals surface area contributed by atoms with Crippen molar-refractivity contribution in [2.24, 2.45) is 5.92 Å². The van der Waals surface area contributed by atoms with Crippen LogP contribution in [0.2, 0.25) is 0 Å². The van der Waals surface area contributed by atoms with Crippen molar-refractivity contribution in [3.8, 4) is 11.5 Å². The molecular weight excluding hydrogens is 464 g/mol. The quantitative estimate of drug-likeness (QED) is 0.450. The number of aliphatic hydroxyl groups is 1. The number of thiophene rings is 1. The number of hydrogen-bond donors (Lipinski definition) is 1. The number of rotatable bonds is 13. The molecule has 1 aliphatic carbocycles. The largest absolute Gasteiger partial charge is 0.497 e. The zero-order chi connectivity index (χ0) is 24.8. The van der Waals surface area contributed by atoms with Crippen molar-refractivity contribution in [1.82, 2.24) is 9.80 Å². The third kappa shape index (κ3) is 7.43. The first-order valence-corrected chi connectivity index (χ1v) is 13.5. The first kappa shape index (κ1) is 25.9. The second-order valence-electron chi connectivity index (χ2n) is 9.82. The van der Waals surface area contributed by atoms with Gasteiger partial charge in [0.15, 0.2) is 0 Å². The Hall–Kier alpha value is -2.13. The molecule has 2 atom stereocenters. The first-order valence-electron chi connectivity index (χ1n) is 12.6. The van der Waals surface area contributed by atoms with Crippen LogP contribution >= 0.6 is 11.3 Å². The molecule has 1 amide bonds. The topological polar surface area (TPSA) is 71.5 Å². The molecule has 192 valence electrons. The van der Waals surface area contributed by atoms with Gasteiger partial charge < -0.3 is 24.2 Å². The van der Waals surface area contributed by atoms with E-state index in [0.29, 0.717) is 32.2 Å². The van der Waals surface area contributed by atoms with Gasteiger partial charge in [0.05, 0.1) is 38.5 Å². The number of carbonyl (C=O) groups is 1. The molecular formula is C27H38N2O5S. The zero-order valence-corrected chi connectivity index (χ0v) is 21.8. The molecule has 2 heterocycles. The third-order valence-corrected chi connectivity index (χ3v) is 7.52. The van der Waals surface area contributed by atoms with Gasteiger partial charge in [-0.2, -0.15) is 0 Å². The van der Waals surface area contributed by atoms with E-state index in [1.54, 1.807) is 18.4 Å². The fourth-order valence-corrected chi connectivity index (χ4v) is 5.47. The Morgan fingerprint density at radius 3 is 2.80 bits per heavy atom. The summed E-state index contributed by atoms with van der Waals surface area (Å²) in [6, 6.07) is 9.54. The van der Waals surface area contributed by atoms with E-state index in [0.717, 1.165) is 24.5 Å². The van der Waals surface area contributed by atoms with Gasteiger partial charge in [-0.15, -0.1) is 11.3 Å². The minimum absolute atomic E-state index is 0.0710. The van der Waals surface area contributed by atoms with Gasteiger partial charge in [-0.25, -0.2) is 0 Å². The standard InChI is InChI=1S/C27H38N2O5S/c1-19(2)33-17-21(30)15-28(14-20-7-8-20)16-27(31)29-11-9-26-24(10-12-35-26)25(29)18-34-23-6-4-5-22(13-23)32-3/h4-6,10,12-13,19-21,25,30H,7-9,11,14-18H2,1-3H3/t21-,25-/m0/s1. The molecule has 1 aromatic heterocycles. The van der Waals surface area contributed by atoms with E-state index < -0.39 is 6.10 Å². The number of ether oxygens (including phenoxy) is 3. The molecule has 0 unspecified atom stereocenters. The SMILES string of the molecule is COc1cccc(OC[C@H]2c3ccsc3CCN2C(=O)CN(CC2CC2)C[C@H](O)COC(C)C)c1. The van der Waals surface area contributed by atoms with E-state index in [4.69, 9.17) is 14.2 Å². The van der Waals surface area contributed by atoms with E-state index in [1.165, 1.54) is 23.3 Å². The monoisotopic (exact) mass is 502 g/mol. The minimum atomic E-state index is -0.610.